The van der Waals surface area contributed by atoms with Gasteiger partial charge in [0.05, 0.1) is 17.9 Å². The second-order valence-electron chi connectivity index (χ2n) is 2.90. The summed E-state index contributed by atoms with van der Waals surface area (Å²) in [6, 6.07) is 5.41. The molecule has 0 aliphatic rings. The molecule has 0 radical (unpaired) electrons. The first kappa shape index (κ1) is 12.8. The van der Waals surface area contributed by atoms with Crippen molar-refractivity contribution in [3.8, 4) is 5.75 Å². The molecule has 0 bridgehead atoms. The molecule has 88 valence electrons. The van der Waals surface area contributed by atoms with Gasteiger partial charge in [-0.2, -0.15) is 0 Å². The van der Waals surface area contributed by atoms with Crippen LogP contribution >= 0.6 is 10.7 Å². The number of ether oxygens (including phenoxy) is 1. The molecule has 1 aromatic carbocycles. The van der Waals surface area contributed by atoms with Crippen molar-refractivity contribution in [2.24, 2.45) is 0 Å². The third kappa shape index (κ3) is 4.08. The molecule has 1 rings (SSSR count). The van der Waals surface area contributed by atoms with E-state index in [2.05, 4.69) is 0 Å². The van der Waals surface area contributed by atoms with Gasteiger partial charge in [0, 0.05) is 10.7 Å². The third-order valence-corrected chi connectivity index (χ3v) is 3.06. The van der Waals surface area contributed by atoms with Crippen LogP contribution in [0, 0.1) is 0 Å². The lowest BCUT2D eigenvalue weighted by molar-refractivity contribution is -0.137. The summed E-state index contributed by atoms with van der Waals surface area (Å²) in [7, 11) is 1.38. The maximum absolute atomic E-state index is 10.9. The molecule has 0 saturated carbocycles. The Morgan fingerprint density at radius 1 is 1.31 bits per heavy atom. The Balaban J connectivity index is 2.62. The summed E-state index contributed by atoms with van der Waals surface area (Å²) in [5.74, 6) is -0.565. The van der Waals surface area contributed by atoms with Crippen LogP contribution in [0.15, 0.2) is 29.2 Å². The van der Waals surface area contributed by atoms with Crippen molar-refractivity contribution >= 4 is 25.7 Å². The molecule has 0 aliphatic carbocycles. The van der Waals surface area contributed by atoms with Crippen LogP contribution in [-0.2, 0) is 13.8 Å². The largest absolute Gasteiger partial charge is 0.493 e. The SMILES string of the molecule is O=C(O)CCOc1ccc(S(=O)(=O)Cl)cc1. The average molecular weight is 265 g/mol. The lowest BCUT2D eigenvalue weighted by Crippen LogP contribution is -2.04. The van der Waals surface area contributed by atoms with Gasteiger partial charge in [-0.05, 0) is 24.3 Å². The van der Waals surface area contributed by atoms with Crippen LogP contribution in [0.2, 0.25) is 0 Å². The first-order valence-electron chi connectivity index (χ1n) is 4.29. The van der Waals surface area contributed by atoms with E-state index in [0.29, 0.717) is 5.75 Å². The fourth-order valence-electron chi connectivity index (χ4n) is 0.955. The van der Waals surface area contributed by atoms with Gasteiger partial charge in [0.2, 0.25) is 0 Å². The Hall–Kier alpha value is -1.27. The van der Waals surface area contributed by atoms with E-state index >= 15 is 0 Å². The summed E-state index contributed by atoms with van der Waals surface area (Å²) in [4.78, 5) is 10.2. The van der Waals surface area contributed by atoms with E-state index in [1.54, 1.807) is 0 Å². The molecule has 0 aromatic heterocycles. The monoisotopic (exact) mass is 264 g/mol. The maximum atomic E-state index is 10.9. The Bertz CT molecular complexity index is 465. The molecule has 0 atom stereocenters. The van der Waals surface area contributed by atoms with E-state index in [9.17, 15) is 13.2 Å². The van der Waals surface area contributed by atoms with Gasteiger partial charge < -0.3 is 9.84 Å². The maximum Gasteiger partial charge on any atom is 0.306 e. The van der Waals surface area contributed by atoms with Gasteiger partial charge in [0.25, 0.3) is 9.05 Å². The lowest BCUT2D eigenvalue weighted by Gasteiger charge is -2.04. The van der Waals surface area contributed by atoms with Crippen LogP contribution < -0.4 is 4.74 Å². The molecule has 16 heavy (non-hydrogen) atoms. The number of benzene rings is 1. The highest BCUT2D eigenvalue weighted by Crippen LogP contribution is 2.18. The number of carboxylic acid groups (broad SMARTS) is 1. The number of carboxylic acids is 1. The van der Waals surface area contributed by atoms with E-state index < -0.39 is 15.0 Å². The van der Waals surface area contributed by atoms with E-state index in [1.165, 1.54) is 24.3 Å². The van der Waals surface area contributed by atoms with Crippen molar-refractivity contribution in [2.75, 3.05) is 6.61 Å². The molecule has 0 amide bonds. The van der Waals surface area contributed by atoms with Gasteiger partial charge in [-0.1, -0.05) is 0 Å². The number of carbonyl (C=O) groups is 1. The summed E-state index contributed by atoms with van der Waals surface area (Å²) >= 11 is 0. The van der Waals surface area contributed by atoms with Gasteiger partial charge in [-0.25, -0.2) is 8.42 Å². The van der Waals surface area contributed by atoms with Gasteiger partial charge in [0.1, 0.15) is 5.75 Å². The molecule has 0 spiro atoms. The highest BCUT2D eigenvalue weighted by Gasteiger charge is 2.09. The molecule has 0 fully saturated rings. The zero-order chi connectivity index (χ0) is 12.2. The Morgan fingerprint density at radius 3 is 2.31 bits per heavy atom. The third-order valence-electron chi connectivity index (χ3n) is 1.69. The number of halogens is 1. The molecule has 5 nitrogen and oxygen atoms in total. The van der Waals surface area contributed by atoms with Gasteiger partial charge in [-0.15, -0.1) is 0 Å². The molecule has 1 aromatic rings. The van der Waals surface area contributed by atoms with Gasteiger partial charge >= 0.3 is 5.97 Å². The first-order valence-corrected chi connectivity index (χ1v) is 6.60. The van der Waals surface area contributed by atoms with Crippen LogP contribution in [0.5, 0.6) is 5.75 Å². The minimum absolute atomic E-state index is 0.0280. The minimum atomic E-state index is -3.73. The Labute approximate surface area is 97.0 Å². The predicted octanol–water partition coefficient (Wildman–Crippen LogP) is 1.47. The number of hydrogen-bond donors (Lipinski definition) is 1. The predicted molar refractivity (Wildman–Crippen MR) is 57.2 cm³/mol. The molecular weight excluding hydrogens is 256 g/mol. The molecule has 0 saturated heterocycles. The van der Waals surface area contributed by atoms with E-state index in [1.807, 2.05) is 0 Å². The first-order chi connectivity index (χ1) is 7.39. The zero-order valence-electron chi connectivity index (χ0n) is 8.09. The van der Waals surface area contributed by atoms with Crippen LogP contribution in [-0.4, -0.2) is 26.1 Å². The zero-order valence-corrected chi connectivity index (χ0v) is 9.66. The molecule has 0 heterocycles. The highest BCUT2D eigenvalue weighted by molar-refractivity contribution is 8.13. The van der Waals surface area contributed by atoms with Crippen molar-refractivity contribution in [1.29, 1.82) is 0 Å². The summed E-state index contributed by atoms with van der Waals surface area (Å²) < 4.78 is 26.9. The Morgan fingerprint density at radius 2 is 1.88 bits per heavy atom. The second kappa shape index (κ2) is 5.18. The second-order valence-corrected chi connectivity index (χ2v) is 5.47. The van der Waals surface area contributed by atoms with E-state index in [0.717, 1.165) is 0 Å². The van der Waals surface area contributed by atoms with E-state index in [4.69, 9.17) is 20.5 Å². The quantitative estimate of drug-likeness (QED) is 0.815. The van der Waals surface area contributed by atoms with Crippen LogP contribution in [0.3, 0.4) is 0 Å². The lowest BCUT2D eigenvalue weighted by atomic mass is 10.3. The molecular formula is C9H9ClO5S. The van der Waals surface area contributed by atoms with Crippen molar-refractivity contribution in [3.05, 3.63) is 24.3 Å². The van der Waals surface area contributed by atoms with Crippen molar-refractivity contribution < 1.29 is 23.1 Å². The normalized spacial score (nSPS) is 11.1. The van der Waals surface area contributed by atoms with E-state index in [-0.39, 0.29) is 17.9 Å². The van der Waals surface area contributed by atoms with Crippen molar-refractivity contribution in [1.82, 2.24) is 0 Å². The highest BCUT2D eigenvalue weighted by atomic mass is 35.7. The number of hydrogen-bond acceptors (Lipinski definition) is 4. The minimum Gasteiger partial charge on any atom is -0.493 e. The fourth-order valence-corrected chi connectivity index (χ4v) is 1.72. The average Bonchev–Trinajstić information content (AvgIpc) is 2.16. The standard InChI is InChI=1S/C9H9ClO5S/c10-16(13,14)8-3-1-7(2-4-8)15-6-5-9(11)12/h1-4H,5-6H2,(H,11,12). The smallest absolute Gasteiger partial charge is 0.306 e. The summed E-state index contributed by atoms with van der Waals surface area (Å²) in [6.45, 7) is 0.0301. The van der Waals surface area contributed by atoms with Crippen LogP contribution in [0.25, 0.3) is 0 Å². The summed E-state index contributed by atoms with van der Waals surface area (Å²) in [5, 5.41) is 8.37. The van der Waals surface area contributed by atoms with Crippen LogP contribution in [0.4, 0.5) is 0 Å². The topological polar surface area (TPSA) is 80.7 Å². The fraction of sp³-hybridized carbons (Fsp3) is 0.222. The van der Waals surface area contributed by atoms with Gasteiger partial charge in [-0.3, -0.25) is 4.79 Å². The van der Waals surface area contributed by atoms with Crippen molar-refractivity contribution in [2.45, 2.75) is 11.3 Å². The molecule has 1 N–H and O–H groups in total. The summed E-state index contributed by atoms with van der Waals surface area (Å²) in [6.07, 6.45) is -0.116. The number of rotatable bonds is 5. The number of aliphatic carboxylic acids is 1. The molecule has 0 aliphatic heterocycles. The van der Waals surface area contributed by atoms with Crippen molar-refractivity contribution in [3.63, 3.8) is 0 Å². The van der Waals surface area contributed by atoms with Gasteiger partial charge in [0.15, 0.2) is 0 Å². The molecule has 0 unspecified atom stereocenters. The molecule has 7 heteroatoms. The Kier molecular flexibility index (Phi) is 4.14. The van der Waals surface area contributed by atoms with Crippen LogP contribution in [0.1, 0.15) is 6.42 Å². The summed E-state index contributed by atoms with van der Waals surface area (Å²) in [5.41, 5.74) is 0.